The lowest BCUT2D eigenvalue weighted by Crippen LogP contribution is -2.32. The second-order valence-electron chi connectivity index (χ2n) is 4.65. The van der Waals surface area contributed by atoms with Crippen molar-refractivity contribution in [3.05, 3.63) is 17.0 Å². The Hall–Kier alpha value is -0.870. The van der Waals surface area contributed by atoms with Crippen LogP contribution in [0.2, 0.25) is 5.15 Å². The van der Waals surface area contributed by atoms with Gasteiger partial charge in [-0.15, -0.1) is 0 Å². The van der Waals surface area contributed by atoms with Gasteiger partial charge in [-0.25, -0.2) is 9.97 Å². The fourth-order valence-electron chi connectivity index (χ4n) is 1.71. The summed E-state index contributed by atoms with van der Waals surface area (Å²) in [6.45, 7) is 8.81. The monoisotopic (exact) mass is 271 g/mol. The number of ether oxygens (including phenoxy) is 1. The molecule has 0 fully saturated rings. The predicted molar refractivity (Wildman–Crippen MR) is 75.3 cm³/mol. The van der Waals surface area contributed by atoms with Gasteiger partial charge >= 0.3 is 0 Å². The zero-order valence-electron chi connectivity index (χ0n) is 11.6. The molecule has 0 N–H and O–H groups in total. The standard InChI is InChI=1S/C13H22ClN3O/c1-5-12-15-11(14)8-13(16-12)17(6-7-18-4)9-10(2)3/h8,10H,5-7,9H2,1-4H3. The van der Waals surface area contributed by atoms with Crippen LogP contribution < -0.4 is 4.90 Å². The third kappa shape index (κ3) is 4.78. The zero-order chi connectivity index (χ0) is 13.5. The fourth-order valence-corrected chi connectivity index (χ4v) is 1.91. The lowest BCUT2D eigenvalue weighted by atomic mass is 10.2. The van der Waals surface area contributed by atoms with E-state index in [0.717, 1.165) is 31.2 Å². The van der Waals surface area contributed by atoms with Crippen molar-refractivity contribution < 1.29 is 4.74 Å². The Morgan fingerprint density at radius 2 is 2.11 bits per heavy atom. The van der Waals surface area contributed by atoms with E-state index >= 15 is 0 Å². The van der Waals surface area contributed by atoms with E-state index in [1.165, 1.54) is 0 Å². The van der Waals surface area contributed by atoms with Crippen LogP contribution in [-0.4, -0.2) is 36.8 Å². The molecule has 4 nitrogen and oxygen atoms in total. The van der Waals surface area contributed by atoms with Crippen molar-refractivity contribution in [2.45, 2.75) is 27.2 Å². The van der Waals surface area contributed by atoms with Crippen LogP contribution in [-0.2, 0) is 11.2 Å². The molecule has 0 saturated heterocycles. The SMILES string of the molecule is CCc1nc(Cl)cc(N(CCOC)CC(C)C)n1. The highest BCUT2D eigenvalue weighted by molar-refractivity contribution is 6.29. The second kappa shape index (κ2) is 7.54. The van der Waals surface area contributed by atoms with Crippen molar-refractivity contribution >= 4 is 17.4 Å². The number of rotatable bonds is 7. The lowest BCUT2D eigenvalue weighted by Gasteiger charge is -2.25. The topological polar surface area (TPSA) is 38.2 Å². The lowest BCUT2D eigenvalue weighted by molar-refractivity contribution is 0.204. The Labute approximate surface area is 114 Å². The number of halogens is 1. The highest BCUT2D eigenvalue weighted by atomic mass is 35.5. The normalized spacial score (nSPS) is 11.0. The summed E-state index contributed by atoms with van der Waals surface area (Å²) in [6.07, 6.45) is 0.785. The van der Waals surface area contributed by atoms with Gasteiger partial charge in [-0.05, 0) is 5.92 Å². The van der Waals surface area contributed by atoms with E-state index in [-0.39, 0.29) is 0 Å². The number of methoxy groups -OCH3 is 1. The first-order valence-electron chi connectivity index (χ1n) is 6.34. The molecule has 0 radical (unpaired) electrons. The van der Waals surface area contributed by atoms with Gasteiger partial charge in [0.05, 0.1) is 6.61 Å². The predicted octanol–water partition coefficient (Wildman–Crippen LogP) is 2.80. The summed E-state index contributed by atoms with van der Waals surface area (Å²) in [5, 5.41) is 0.503. The van der Waals surface area contributed by atoms with Gasteiger partial charge in [-0.2, -0.15) is 0 Å². The summed E-state index contributed by atoms with van der Waals surface area (Å²) in [7, 11) is 1.71. The highest BCUT2D eigenvalue weighted by Crippen LogP contribution is 2.17. The minimum atomic E-state index is 0.503. The minimum absolute atomic E-state index is 0.503. The number of anilines is 1. The van der Waals surface area contributed by atoms with Crippen LogP contribution in [0.5, 0.6) is 0 Å². The number of aromatic nitrogens is 2. The number of hydrogen-bond acceptors (Lipinski definition) is 4. The number of nitrogens with zero attached hydrogens (tertiary/aromatic N) is 3. The molecule has 0 saturated carbocycles. The van der Waals surface area contributed by atoms with Gasteiger partial charge < -0.3 is 9.64 Å². The Morgan fingerprint density at radius 1 is 1.39 bits per heavy atom. The molecule has 0 aromatic carbocycles. The van der Waals surface area contributed by atoms with E-state index in [1.807, 2.05) is 13.0 Å². The van der Waals surface area contributed by atoms with Crippen molar-refractivity contribution in [2.24, 2.45) is 5.92 Å². The highest BCUT2D eigenvalue weighted by Gasteiger charge is 2.12. The molecule has 5 heteroatoms. The molecule has 102 valence electrons. The second-order valence-corrected chi connectivity index (χ2v) is 5.04. The molecule has 1 heterocycles. The quantitative estimate of drug-likeness (QED) is 0.715. The van der Waals surface area contributed by atoms with Gasteiger partial charge in [0.1, 0.15) is 16.8 Å². The number of aryl methyl sites for hydroxylation is 1. The summed E-state index contributed by atoms with van der Waals surface area (Å²) in [4.78, 5) is 10.9. The molecule has 0 bridgehead atoms. The molecule has 1 aromatic rings. The van der Waals surface area contributed by atoms with Crippen LogP contribution in [0, 0.1) is 5.92 Å². The van der Waals surface area contributed by atoms with E-state index in [4.69, 9.17) is 16.3 Å². The number of hydrogen-bond donors (Lipinski definition) is 0. The maximum absolute atomic E-state index is 6.03. The summed E-state index contributed by atoms with van der Waals surface area (Å²) >= 11 is 6.03. The average Bonchev–Trinajstić information content (AvgIpc) is 2.33. The van der Waals surface area contributed by atoms with Gasteiger partial charge in [0, 0.05) is 32.7 Å². The van der Waals surface area contributed by atoms with Crippen LogP contribution in [0.4, 0.5) is 5.82 Å². The van der Waals surface area contributed by atoms with Crippen molar-refractivity contribution in [1.29, 1.82) is 0 Å². The average molecular weight is 272 g/mol. The summed E-state index contributed by atoms with van der Waals surface area (Å²) in [5.74, 6) is 2.22. The maximum Gasteiger partial charge on any atom is 0.134 e. The van der Waals surface area contributed by atoms with E-state index < -0.39 is 0 Å². The summed E-state index contributed by atoms with van der Waals surface area (Å²) in [6, 6.07) is 1.82. The molecule has 0 aliphatic carbocycles. The first kappa shape index (κ1) is 15.2. The van der Waals surface area contributed by atoms with E-state index in [9.17, 15) is 0 Å². The van der Waals surface area contributed by atoms with Gasteiger partial charge in [0.2, 0.25) is 0 Å². The zero-order valence-corrected chi connectivity index (χ0v) is 12.4. The molecule has 18 heavy (non-hydrogen) atoms. The van der Waals surface area contributed by atoms with E-state index in [1.54, 1.807) is 7.11 Å². The Morgan fingerprint density at radius 3 is 2.67 bits per heavy atom. The molecule has 0 aliphatic rings. The molecular formula is C13H22ClN3O. The Kier molecular flexibility index (Phi) is 6.36. The molecular weight excluding hydrogens is 250 g/mol. The van der Waals surface area contributed by atoms with Crippen LogP contribution in [0.3, 0.4) is 0 Å². The van der Waals surface area contributed by atoms with Crippen molar-refractivity contribution in [3.8, 4) is 0 Å². The van der Waals surface area contributed by atoms with Crippen molar-refractivity contribution in [2.75, 3.05) is 31.7 Å². The fraction of sp³-hybridized carbons (Fsp3) is 0.692. The van der Waals surface area contributed by atoms with Gasteiger partial charge in [0.25, 0.3) is 0 Å². The van der Waals surface area contributed by atoms with Crippen molar-refractivity contribution in [3.63, 3.8) is 0 Å². The Bertz CT molecular complexity index is 371. The molecule has 0 unspecified atom stereocenters. The molecule has 0 aliphatic heterocycles. The first-order chi connectivity index (χ1) is 8.56. The Balaban J connectivity index is 2.91. The molecule has 0 atom stereocenters. The van der Waals surface area contributed by atoms with Gasteiger partial charge in [-0.1, -0.05) is 32.4 Å². The van der Waals surface area contributed by atoms with E-state index in [2.05, 4.69) is 28.7 Å². The van der Waals surface area contributed by atoms with Gasteiger partial charge in [0.15, 0.2) is 0 Å². The van der Waals surface area contributed by atoms with Crippen LogP contribution in [0.15, 0.2) is 6.07 Å². The smallest absolute Gasteiger partial charge is 0.134 e. The first-order valence-corrected chi connectivity index (χ1v) is 6.72. The van der Waals surface area contributed by atoms with Crippen molar-refractivity contribution in [1.82, 2.24) is 9.97 Å². The molecule has 1 aromatic heterocycles. The molecule has 1 rings (SSSR count). The summed E-state index contributed by atoms with van der Waals surface area (Å²) in [5.41, 5.74) is 0. The summed E-state index contributed by atoms with van der Waals surface area (Å²) < 4.78 is 5.14. The third-order valence-corrected chi connectivity index (χ3v) is 2.71. The van der Waals surface area contributed by atoms with Crippen LogP contribution >= 0.6 is 11.6 Å². The largest absolute Gasteiger partial charge is 0.383 e. The molecule has 0 amide bonds. The molecule has 0 spiro atoms. The third-order valence-electron chi connectivity index (χ3n) is 2.52. The van der Waals surface area contributed by atoms with Crippen LogP contribution in [0.1, 0.15) is 26.6 Å². The maximum atomic E-state index is 6.03. The minimum Gasteiger partial charge on any atom is -0.383 e. The van der Waals surface area contributed by atoms with Crippen LogP contribution in [0.25, 0.3) is 0 Å². The van der Waals surface area contributed by atoms with Gasteiger partial charge in [-0.3, -0.25) is 0 Å². The van der Waals surface area contributed by atoms with E-state index in [0.29, 0.717) is 17.7 Å².